The van der Waals surface area contributed by atoms with Crippen molar-refractivity contribution in [3.8, 4) is 22.9 Å². The van der Waals surface area contributed by atoms with Gasteiger partial charge in [-0.1, -0.05) is 24.3 Å². The first-order valence-electron chi connectivity index (χ1n) is 13.5. The third-order valence-electron chi connectivity index (χ3n) is 7.01. The monoisotopic (exact) mass is 542 g/mol. The summed E-state index contributed by atoms with van der Waals surface area (Å²) < 4.78 is 6.50. The first kappa shape index (κ1) is 27.1. The fourth-order valence-electron chi connectivity index (χ4n) is 4.94. The molecular formula is C30H34N6O4. The number of nitrogens with one attached hydrogen (secondary N) is 2. The molecule has 5 rings (SSSR count). The second-order valence-corrected chi connectivity index (χ2v) is 10.1. The summed E-state index contributed by atoms with van der Waals surface area (Å²) in [6, 6.07) is 15.6. The van der Waals surface area contributed by atoms with E-state index in [0.717, 1.165) is 34.9 Å². The second kappa shape index (κ2) is 12.2. The van der Waals surface area contributed by atoms with Gasteiger partial charge in [0.05, 0.1) is 17.4 Å². The summed E-state index contributed by atoms with van der Waals surface area (Å²) in [6.07, 6.45) is 4.35. The number of ether oxygens (including phenoxy) is 1. The lowest BCUT2D eigenvalue weighted by Crippen LogP contribution is -2.44. The van der Waals surface area contributed by atoms with Gasteiger partial charge in [-0.25, -0.2) is 19.7 Å². The molecule has 1 saturated heterocycles. The molecule has 208 valence electrons. The van der Waals surface area contributed by atoms with Gasteiger partial charge in [0.2, 0.25) is 11.8 Å². The van der Waals surface area contributed by atoms with Crippen LogP contribution in [-0.2, 0) is 0 Å². The molecule has 2 aromatic heterocycles. The Morgan fingerprint density at radius 2 is 2.00 bits per heavy atom. The van der Waals surface area contributed by atoms with Crippen molar-refractivity contribution >= 4 is 28.5 Å². The van der Waals surface area contributed by atoms with E-state index in [1.54, 1.807) is 25.4 Å². The molecule has 10 nitrogen and oxygen atoms in total. The van der Waals surface area contributed by atoms with Crippen LogP contribution in [0.1, 0.15) is 31.7 Å². The summed E-state index contributed by atoms with van der Waals surface area (Å²) in [5.41, 5.74) is 3.30. The molecule has 0 radical (unpaired) electrons. The van der Waals surface area contributed by atoms with Gasteiger partial charge in [-0.2, -0.15) is 0 Å². The molecule has 1 fully saturated rings. The van der Waals surface area contributed by atoms with Gasteiger partial charge in [-0.05, 0) is 62.9 Å². The average Bonchev–Trinajstić information content (AvgIpc) is 2.95. The van der Waals surface area contributed by atoms with Crippen molar-refractivity contribution in [3.63, 3.8) is 0 Å². The number of aliphatic hydroxyl groups is 1. The molecule has 1 aliphatic rings. The maximum absolute atomic E-state index is 11.4. The first-order chi connectivity index (χ1) is 19.4. The number of pyridine rings is 1. The zero-order chi connectivity index (χ0) is 28.1. The summed E-state index contributed by atoms with van der Waals surface area (Å²) >= 11 is 0. The highest BCUT2D eigenvalue weighted by Crippen LogP contribution is 2.38. The number of anilines is 2. The van der Waals surface area contributed by atoms with E-state index in [2.05, 4.69) is 26.7 Å². The van der Waals surface area contributed by atoms with E-state index in [0.29, 0.717) is 54.9 Å². The summed E-state index contributed by atoms with van der Waals surface area (Å²) in [7, 11) is 0. The average molecular weight is 543 g/mol. The normalized spacial score (nSPS) is 16.0. The highest BCUT2D eigenvalue weighted by Gasteiger charge is 2.24. The Labute approximate surface area is 233 Å². The Balaban J connectivity index is 1.42. The minimum Gasteiger partial charge on any atom is -0.465 e. The topological polar surface area (TPSA) is 133 Å². The van der Waals surface area contributed by atoms with Crippen LogP contribution in [0.5, 0.6) is 11.6 Å². The molecule has 3 heterocycles. The van der Waals surface area contributed by atoms with Crippen LogP contribution in [-0.4, -0.2) is 67.9 Å². The summed E-state index contributed by atoms with van der Waals surface area (Å²) in [4.78, 5) is 26.5. The number of rotatable bonds is 9. The third kappa shape index (κ3) is 6.23. The van der Waals surface area contributed by atoms with Gasteiger partial charge in [0.15, 0.2) is 0 Å². The number of amides is 1. The number of aromatic nitrogens is 3. The predicted molar refractivity (Wildman–Crippen MR) is 155 cm³/mol. The number of carbonyl (C=O) groups is 1. The number of aliphatic hydroxyl groups excluding tert-OH is 1. The summed E-state index contributed by atoms with van der Waals surface area (Å²) in [6.45, 7) is 5.37. The van der Waals surface area contributed by atoms with Crippen LogP contribution in [0, 0.1) is 6.92 Å². The zero-order valence-corrected chi connectivity index (χ0v) is 22.7. The predicted octanol–water partition coefficient (Wildman–Crippen LogP) is 5.53. The molecular weight excluding hydrogens is 508 g/mol. The molecule has 0 spiro atoms. The van der Waals surface area contributed by atoms with Gasteiger partial charge in [0.1, 0.15) is 5.75 Å². The van der Waals surface area contributed by atoms with Gasteiger partial charge in [-0.15, -0.1) is 0 Å². The number of fused-ring (bicyclic) bond motifs is 1. The van der Waals surface area contributed by atoms with E-state index in [-0.39, 0.29) is 12.1 Å². The molecule has 4 N–H and O–H groups in total. The highest BCUT2D eigenvalue weighted by molar-refractivity contribution is 5.98. The number of nitrogens with zero attached hydrogens (tertiary/aromatic N) is 4. The Kier molecular flexibility index (Phi) is 8.26. The lowest BCUT2D eigenvalue weighted by molar-refractivity contribution is 0.132. The van der Waals surface area contributed by atoms with Gasteiger partial charge < -0.3 is 30.5 Å². The Morgan fingerprint density at radius 1 is 1.12 bits per heavy atom. The second-order valence-electron chi connectivity index (χ2n) is 10.1. The van der Waals surface area contributed by atoms with E-state index < -0.39 is 6.09 Å². The largest absolute Gasteiger partial charge is 0.465 e. The highest BCUT2D eigenvalue weighted by atomic mass is 16.5. The van der Waals surface area contributed by atoms with Crippen LogP contribution in [0.15, 0.2) is 60.9 Å². The van der Waals surface area contributed by atoms with E-state index >= 15 is 0 Å². The van der Waals surface area contributed by atoms with Crippen LogP contribution in [0.3, 0.4) is 0 Å². The lowest BCUT2D eigenvalue weighted by Gasteiger charge is -2.31. The summed E-state index contributed by atoms with van der Waals surface area (Å²) in [5.74, 6) is 1.56. The standard InChI is InChI=1S/C30H34N6O4/c1-19-10-11-22-23(7-3-9-25(22)31-15-12-20(2)37)27(19)40-28-24(8-4-14-32-28)26-13-16-33-29(35-26)34-21-6-5-17-36(18-21)30(38)39/h3-4,7-11,13-14,16,20-21,31,37H,5-6,12,15,17-18H2,1-2H3,(H,38,39)(H,33,34,35)/t20-,21+/m1/s1. The van der Waals surface area contributed by atoms with Crippen molar-refractivity contribution in [1.82, 2.24) is 19.9 Å². The molecule has 0 bridgehead atoms. The van der Waals surface area contributed by atoms with Crippen LogP contribution in [0.25, 0.3) is 22.0 Å². The van der Waals surface area contributed by atoms with E-state index in [1.165, 1.54) is 4.90 Å². The molecule has 2 atom stereocenters. The van der Waals surface area contributed by atoms with Gasteiger partial charge in [-0.3, -0.25) is 0 Å². The molecule has 0 aliphatic carbocycles. The number of hydrogen-bond acceptors (Lipinski definition) is 8. The third-order valence-corrected chi connectivity index (χ3v) is 7.01. The Hall–Kier alpha value is -4.44. The maximum atomic E-state index is 11.4. The van der Waals surface area contributed by atoms with Gasteiger partial charge in [0.25, 0.3) is 0 Å². The molecule has 2 aromatic carbocycles. The summed E-state index contributed by atoms with van der Waals surface area (Å²) in [5, 5.41) is 27.7. The van der Waals surface area contributed by atoms with Crippen molar-refractivity contribution < 1.29 is 19.7 Å². The quantitative estimate of drug-likeness (QED) is 0.215. The van der Waals surface area contributed by atoms with E-state index in [1.807, 2.05) is 43.3 Å². The smallest absolute Gasteiger partial charge is 0.407 e. The number of likely N-dealkylation sites (tertiary alicyclic amines) is 1. The van der Waals surface area contributed by atoms with Crippen molar-refractivity contribution in [1.29, 1.82) is 0 Å². The Morgan fingerprint density at radius 3 is 2.83 bits per heavy atom. The SMILES string of the molecule is Cc1ccc2c(NCC[C@@H](C)O)cccc2c1Oc1ncccc1-c1ccnc(N[C@H]2CCCN(C(=O)O)C2)n1. The van der Waals surface area contributed by atoms with E-state index in [4.69, 9.17) is 9.72 Å². The van der Waals surface area contributed by atoms with Crippen LogP contribution < -0.4 is 15.4 Å². The molecule has 1 amide bonds. The molecule has 10 heteroatoms. The number of hydrogen-bond donors (Lipinski definition) is 4. The molecule has 0 unspecified atom stereocenters. The van der Waals surface area contributed by atoms with Crippen molar-refractivity contribution in [2.75, 3.05) is 30.3 Å². The number of aryl methyl sites for hydroxylation is 1. The number of piperidine rings is 1. The zero-order valence-electron chi connectivity index (χ0n) is 22.7. The molecule has 1 aliphatic heterocycles. The van der Waals surface area contributed by atoms with Crippen LogP contribution in [0.4, 0.5) is 16.4 Å². The lowest BCUT2D eigenvalue weighted by atomic mass is 10.0. The van der Waals surface area contributed by atoms with Gasteiger partial charge in [0, 0.05) is 54.5 Å². The van der Waals surface area contributed by atoms with E-state index in [9.17, 15) is 15.0 Å². The molecule has 4 aromatic rings. The van der Waals surface area contributed by atoms with Crippen molar-refractivity contribution in [2.24, 2.45) is 0 Å². The Bertz CT molecular complexity index is 1490. The molecule has 40 heavy (non-hydrogen) atoms. The maximum Gasteiger partial charge on any atom is 0.407 e. The number of carboxylic acid groups (broad SMARTS) is 1. The minimum absolute atomic E-state index is 0.0635. The fraction of sp³-hybridized carbons (Fsp3) is 0.333. The van der Waals surface area contributed by atoms with Crippen molar-refractivity contribution in [3.05, 3.63) is 66.5 Å². The first-order valence-corrected chi connectivity index (χ1v) is 13.5. The van der Waals surface area contributed by atoms with Crippen LogP contribution >= 0.6 is 0 Å². The fourth-order valence-corrected chi connectivity index (χ4v) is 4.94. The van der Waals surface area contributed by atoms with Gasteiger partial charge >= 0.3 is 6.09 Å². The van der Waals surface area contributed by atoms with Crippen LogP contribution in [0.2, 0.25) is 0 Å². The number of benzene rings is 2. The molecule has 0 saturated carbocycles. The van der Waals surface area contributed by atoms with Crippen molar-refractivity contribution in [2.45, 2.75) is 45.3 Å². The minimum atomic E-state index is -0.912.